The van der Waals surface area contributed by atoms with E-state index in [1.54, 1.807) is 0 Å². The molecule has 0 radical (unpaired) electrons. The predicted octanol–water partition coefficient (Wildman–Crippen LogP) is 3.77. The summed E-state index contributed by atoms with van der Waals surface area (Å²) in [6, 6.07) is 11.3. The summed E-state index contributed by atoms with van der Waals surface area (Å²) in [5.41, 5.74) is 0.840. The van der Waals surface area contributed by atoms with Crippen LogP contribution in [0.3, 0.4) is 0 Å². The first-order chi connectivity index (χ1) is 13.3. The van der Waals surface area contributed by atoms with E-state index >= 15 is 0 Å². The highest BCUT2D eigenvalue weighted by Crippen LogP contribution is 2.44. The molecule has 1 aromatic rings. The monoisotopic (exact) mass is 367 g/mol. The number of nitrogens with zero attached hydrogens (tertiary/aromatic N) is 2. The fourth-order valence-electron chi connectivity index (χ4n) is 6.62. The molecule has 4 nitrogen and oxygen atoms in total. The van der Waals surface area contributed by atoms with Gasteiger partial charge in [-0.25, -0.2) is 0 Å². The maximum atomic E-state index is 12.9. The van der Waals surface area contributed by atoms with Crippen molar-refractivity contribution in [2.75, 3.05) is 24.7 Å². The fraction of sp³-hybridized carbons (Fsp3) is 0.696. The van der Waals surface area contributed by atoms with Crippen LogP contribution in [0.1, 0.15) is 57.8 Å². The van der Waals surface area contributed by atoms with Gasteiger partial charge in [0, 0.05) is 24.8 Å². The molecule has 2 heterocycles. The van der Waals surface area contributed by atoms with Crippen LogP contribution in [0, 0.1) is 11.8 Å². The number of benzene rings is 1. The lowest BCUT2D eigenvalue weighted by Gasteiger charge is -2.50. The highest BCUT2D eigenvalue weighted by Gasteiger charge is 2.51. The van der Waals surface area contributed by atoms with Crippen LogP contribution < -0.4 is 10.2 Å². The second-order valence-corrected chi connectivity index (χ2v) is 9.20. The second kappa shape index (κ2) is 7.12. The largest absolute Gasteiger partial charge is 0.339 e. The van der Waals surface area contributed by atoms with Gasteiger partial charge in [0.05, 0.1) is 6.67 Å². The SMILES string of the molecule is O=C1NCN(c2ccccc2)C12CCN(C1CCCC3CCCCC31)CC2. The smallest absolute Gasteiger partial charge is 0.247 e. The van der Waals surface area contributed by atoms with E-state index in [4.69, 9.17) is 0 Å². The van der Waals surface area contributed by atoms with Crippen molar-refractivity contribution in [3.63, 3.8) is 0 Å². The zero-order valence-electron chi connectivity index (χ0n) is 16.4. The number of amides is 1. The molecule has 27 heavy (non-hydrogen) atoms. The molecule has 1 N–H and O–H groups in total. The van der Waals surface area contributed by atoms with Crippen molar-refractivity contribution in [3.8, 4) is 0 Å². The van der Waals surface area contributed by atoms with Gasteiger partial charge < -0.3 is 10.2 Å². The van der Waals surface area contributed by atoms with Crippen LogP contribution in [0.2, 0.25) is 0 Å². The van der Waals surface area contributed by atoms with Gasteiger partial charge in [0.1, 0.15) is 5.54 Å². The molecular weight excluding hydrogens is 334 g/mol. The number of likely N-dealkylation sites (tertiary alicyclic amines) is 1. The standard InChI is InChI=1S/C23H33N3O/c27-22-23(26(17-24-22)19-9-2-1-3-10-19)13-15-25(16-14-23)21-12-6-8-18-7-4-5-11-20(18)21/h1-3,9-10,18,20-21H,4-8,11-17H2,(H,24,27). The minimum absolute atomic E-state index is 0.241. The van der Waals surface area contributed by atoms with Gasteiger partial charge in [-0.1, -0.05) is 50.3 Å². The van der Waals surface area contributed by atoms with Crippen molar-refractivity contribution in [1.82, 2.24) is 10.2 Å². The number of carbonyl (C=O) groups excluding carboxylic acids is 1. The minimum atomic E-state index is -0.335. The van der Waals surface area contributed by atoms with E-state index in [1.807, 2.05) is 6.07 Å². The number of anilines is 1. The Balaban J connectivity index is 1.32. The summed E-state index contributed by atoms with van der Waals surface area (Å²) >= 11 is 0. The van der Waals surface area contributed by atoms with Crippen molar-refractivity contribution < 1.29 is 4.79 Å². The third-order valence-electron chi connectivity index (χ3n) is 8.04. The summed E-state index contributed by atoms with van der Waals surface area (Å²) in [6.45, 7) is 2.80. The topological polar surface area (TPSA) is 35.6 Å². The lowest BCUT2D eigenvalue weighted by molar-refractivity contribution is -0.125. The number of hydrogen-bond acceptors (Lipinski definition) is 3. The molecule has 1 spiro atoms. The van der Waals surface area contributed by atoms with Crippen molar-refractivity contribution in [2.45, 2.75) is 69.4 Å². The molecule has 0 bridgehead atoms. The number of fused-ring (bicyclic) bond motifs is 1. The second-order valence-electron chi connectivity index (χ2n) is 9.20. The molecule has 5 rings (SSSR count). The Kier molecular flexibility index (Phi) is 4.63. The normalized spacial score (nSPS) is 33.7. The third-order valence-corrected chi connectivity index (χ3v) is 8.04. The zero-order valence-corrected chi connectivity index (χ0v) is 16.4. The maximum Gasteiger partial charge on any atom is 0.247 e. The van der Waals surface area contributed by atoms with Gasteiger partial charge in [0.25, 0.3) is 0 Å². The molecule has 4 heteroatoms. The fourth-order valence-corrected chi connectivity index (χ4v) is 6.62. The van der Waals surface area contributed by atoms with Gasteiger partial charge in [-0.15, -0.1) is 0 Å². The summed E-state index contributed by atoms with van der Waals surface area (Å²) < 4.78 is 0. The Morgan fingerprint density at radius 2 is 1.67 bits per heavy atom. The van der Waals surface area contributed by atoms with Crippen LogP contribution in [0.5, 0.6) is 0 Å². The first-order valence-electron chi connectivity index (χ1n) is 11.1. The lowest BCUT2D eigenvalue weighted by Crippen LogP contribution is -2.59. The molecule has 146 valence electrons. The molecule has 2 saturated carbocycles. The lowest BCUT2D eigenvalue weighted by atomic mass is 9.67. The van der Waals surface area contributed by atoms with Crippen LogP contribution in [0.25, 0.3) is 0 Å². The quantitative estimate of drug-likeness (QED) is 0.864. The van der Waals surface area contributed by atoms with Crippen molar-refractivity contribution in [3.05, 3.63) is 30.3 Å². The van der Waals surface area contributed by atoms with E-state index in [1.165, 1.54) is 50.6 Å². The van der Waals surface area contributed by atoms with E-state index in [-0.39, 0.29) is 11.4 Å². The molecule has 0 aromatic heterocycles. The molecule has 3 atom stereocenters. The molecule has 4 aliphatic rings. The molecule has 2 aliphatic heterocycles. The highest BCUT2D eigenvalue weighted by atomic mass is 16.2. The third kappa shape index (κ3) is 2.97. The molecule has 3 unspecified atom stereocenters. The Hall–Kier alpha value is -1.55. The zero-order chi connectivity index (χ0) is 18.3. The van der Waals surface area contributed by atoms with Crippen LogP contribution in [0.15, 0.2) is 30.3 Å². The molecule has 4 fully saturated rings. The van der Waals surface area contributed by atoms with Gasteiger partial charge in [0.2, 0.25) is 5.91 Å². The van der Waals surface area contributed by atoms with Gasteiger partial charge in [-0.3, -0.25) is 9.69 Å². The Morgan fingerprint density at radius 1 is 0.926 bits per heavy atom. The Labute approximate surface area is 163 Å². The number of hydrogen-bond donors (Lipinski definition) is 1. The Morgan fingerprint density at radius 3 is 2.48 bits per heavy atom. The summed E-state index contributed by atoms with van der Waals surface area (Å²) in [5, 5.41) is 3.14. The van der Waals surface area contributed by atoms with Crippen LogP contribution >= 0.6 is 0 Å². The summed E-state index contributed by atoms with van der Waals surface area (Å²) in [6.07, 6.45) is 11.9. The van der Waals surface area contributed by atoms with Crippen LogP contribution in [-0.2, 0) is 4.79 Å². The minimum Gasteiger partial charge on any atom is -0.339 e. The van der Waals surface area contributed by atoms with Crippen molar-refractivity contribution in [1.29, 1.82) is 0 Å². The van der Waals surface area contributed by atoms with Crippen molar-refractivity contribution >= 4 is 11.6 Å². The van der Waals surface area contributed by atoms with E-state index in [0.717, 1.165) is 43.8 Å². The molecule has 1 amide bonds. The van der Waals surface area contributed by atoms with E-state index in [2.05, 4.69) is 39.4 Å². The van der Waals surface area contributed by atoms with Gasteiger partial charge >= 0.3 is 0 Å². The van der Waals surface area contributed by atoms with Crippen molar-refractivity contribution in [2.24, 2.45) is 11.8 Å². The number of piperidine rings is 1. The van der Waals surface area contributed by atoms with E-state index in [0.29, 0.717) is 6.67 Å². The van der Waals surface area contributed by atoms with Gasteiger partial charge in [-0.05, 0) is 49.7 Å². The van der Waals surface area contributed by atoms with Crippen LogP contribution in [0.4, 0.5) is 5.69 Å². The summed E-state index contributed by atoms with van der Waals surface area (Å²) in [5.74, 6) is 2.14. The average molecular weight is 368 g/mol. The first-order valence-corrected chi connectivity index (χ1v) is 11.1. The van der Waals surface area contributed by atoms with Gasteiger partial charge in [0.15, 0.2) is 0 Å². The van der Waals surface area contributed by atoms with Crippen LogP contribution in [-0.4, -0.2) is 42.1 Å². The van der Waals surface area contributed by atoms with E-state index < -0.39 is 0 Å². The summed E-state index contributed by atoms with van der Waals surface area (Å²) in [4.78, 5) is 18.0. The number of carbonyl (C=O) groups is 1. The highest BCUT2D eigenvalue weighted by molar-refractivity contribution is 5.93. The maximum absolute atomic E-state index is 12.9. The van der Waals surface area contributed by atoms with E-state index in [9.17, 15) is 4.79 Å². The Bertz CT molecular complexity index is 665. The van der Waals surface area contributed by atoms with Gasteiger partial charge in [-0.2, -0.15) is 0 Å². The molecule has 1 aromatic carbocycles. The number of rotatable bonds is 2. The molecular formula is C23H33N3O. The number of para-hydroxylation sites is 1. The summed E-state index contributed by atoms with van der Waals surface area (Å²) in [7, 11) is 0. The predicted molar refractivity (Wildman–Crippen MR) is 109 cm³/mol. The molecule has 2 aliphatic carbocycles. The average Bonchev–Trinajstić information content (AvgIpc) is 3.05. The molecule has 2 saturated heterocycles. The number of nitrogens with one attached hydrogen (secondary N) is 1. The first kappa shape index (κ1) is 17.5.